The van der Waals surface area contributed by atoms with E-state index in [1.807, 2.05) is 6.33 Å². The van der Waals surface area contributed by atoms with Gasteiger partial charge >= 0.3 is 0 Å². The van der Waals surface area contributed by atoms with Crippen LogP contribution < -0.4 is 0 Å². The number of hydrogen-bond donors (Lipinski definition) is 0. The number of imidazole rings is 1. The minimum atomic E-state index is 0.838. The molecule has 2 aromatic rings. The molecule has 0 aliphatic carbocycles. The first-order valence-electron chi connectivity index (χ1n) is 6.13. The van der Waals surface area contributed by atoms with Crippen LogP contribution in [0.2, 0.25) is 0 Å². The van der Waals surface area contributed by atoms with E-state index in [0.29, 0.717) is 0 Å². The molecule has 2 rings (SSSR count). The predicted molar refractivity (Wildman–Crippen MR) is 70.3 cm³/mol. The highest BCUT2D eigenvalue weighted by molar-refractivity contribution is 5.77. The van der Waals surface area contributed by atoms with E-state index in [0.717, 1.165) is 31.5 Å². The SMILES string of the molecule is COCCCCn1cnc2cc(C)c(C)cc21. The van der Waals surface area contributed by atoms with Crippen molar-refractivity contribution >= 4 is 11.0 Å². The summed E-state index contributed by atoms with van der Waals surface area (Å²) in [5.41, 5.74) is 4.98. The van der Waals surface area contributed by atoms with Crippen molar-refractivity contribution in [3.8, 4) is 0 Å². The minimum Gasteiger partial charge on any atom is -0.385 e. The molecular formula is C14H20N2O. The molecule has 0 aliphatic heterocycles. The maximum absolute atomic E-state index is 5.06. The van der Waals surface area contributed by atoms with Crippen LogP contribution >= 0.6 is 0 Å². The average Bonchev–Trinajstić information content (AvgIpc) is 2.68. The van der Waals surface area contributed by atoms with Gasteiger partial charge in [-0.05, 0) is 49.9 Å². The average molecular weight is 232 g/mol. The molecule has 1 aromatic heterocycles. The smallest absolute Gasteiger partial charge is 0.0958 e. The fourth-order valence-corrected chi connectivity index (χ4v) is 2.02. The number of aryl methyl sites for hydroxylation is 3. The van der Waals surface area contributed by atoms with Gasteiger partial charge in [-0.15, -0.1) is 0 Å². The lowest BCUT2D eigenvalue weighted by atomic mass is 10.1. The van der Waals surface area contributed by atoms with Crippen LogP contribution in [0, 0.1) is 13.8 Å². The third kappa shape index (κ3) is 2.67. The van der Waals surface area contributed by atoms with E-state index < -0.39 is 0 Å². The monoisotopic (exact) mass is 232 g/mol. The summed E-state index contributed by atoms with van der Waals surface area (Å²) in [6.45, 7) is 6.14. The Labute approximate surface area is 102 Å². The van der Waals surface area contributed by atoms with E-state index in [4.69, 9.17) is 4.74 Å². The van der Waals surface area contributed by atoms with Crippen LogP contribution in [0.25, 0.3) is 11.0 Å². The van der Waals surface area contributed by atoms with E-state index >= 15 is 0 Å². The number of unbranched alkanes of at least 4 members (excludes halogenated alkanes) is 1. The van der Waals surface area contributed by atoms with Crippen LogP contribution in [0.5, 0.6) is 0 Å². The Kier molecular flexibility index (Phi) is 3.79. The molecule has 0 fully saturated rings. The number of rotatable bonds is 5. The number of hydrogen-bond acceptors (Lipinski definition) is 2. The summed E-state index contributed by atoms with van der Waals surface area (Å²) in [5, 5.41) is 0. The second kappa shape index (κ2) is 5.32. The lowest BCUT2D eigenvalue weighted by molar-refractivity contribution is 0.191. The molecule has 92 valence electrons. The topological polar surface area (TPSA) is 27.1 Å². The van der Waals surface area contributed by atoms with Gasteiger partial charge in [0.1, 0.15) is 0 Å². The Morgan fingerprint density at radius 3 is 2.71 bits per heavy atom. The van der Waals surface area contributed by atoms with Crippen molar-refractivity contribution < 1.29 is 4.74 Å². The number of aromatic nitrogens is 2. The van der Waals surface area contributed by atoms with E-state index in [1.165, 1.54) is 16.6 Å². The molecule has 3 nitrogen and oxygen atoms in total. The number of ether oxygens (including phenoxy) is 1. The van der Waals surface area contributed by atoms with Gasteiger partial charge in [0, 0.05) is 20.3 Å². The quantitative estimate of drug-likeness (QED) is 0.741. The molecule has 17 heavy (non-hydrogen) atoms. The maximum atomic E-state index is 5.06. The first kappa shape index (κ1) is 12.1. The van der Waals surface area contributed by atoms with Crippen molar-refractivity contribution in [3.63, 3.8) is 0 Å². The summed E-state index contributed by atoms with van der Waals surface area (Å²) >= 11 is 0. The van der Waals surface area contributed by atoms with Crippen LogP contribution in [-0.2, 0) is 11.3 Å². The van der Waals surface area contributed by atoms with Crippen LogP contribution in [0.1, 0.15) is 24.0 Å². The summed E-state index contributed by atoms with van der Waals surface area (Å²) in [5.74, 6) is 0. The van der Waals surface area contributed by atoms with Crippen molar-refractivity contribution in [2.45, 2.75) is 33.2 Å². The molecule has 0 atom stereocenters. The van der Waals surface area contributed by atoms with Gasteiger partial charge in [-0.2, -0.15) is 0 Å². The molecule has 0 bridgehead atoms. The van der Waals surface area contributed by atoms with Crippen molar-refractivity contribution in [1.29, 1.82) is 0 Å². The molecule has 1 aromatic carbocycles. The van der Waals surface area contributed by atoms with E-state index in [-0.39, 0.29) is 0 Å². The molecule has 0 saturated carbocycles. The largest absolute Gasteiger partial charge is 0.385 e. The second-order valence-electron chi connectivity index (χ2n) is 4.56. The van der Waals surface area contributed by atoms with Gasteiger partial charge in [0.2, 0.25) is 0 Å². The molecule has 0 saturated heterocycles. The van der Waals surface area contributed by atoms with Gasteiger partial charge in [0.15, 0.2) is 0 Å². The van der Waals surface area contributed by atoms with Crippen molar-refractivity contribution in [1.82, 2.24) is 9.55 Å². The van der Waals surface area contributed by atoms with E-state index in [1.54, 1.807) is 7.11 Å². The van der Waals surface area contributed by atoms with Gasteiger partial charge in [-0.1, -0.05) is 0 Å². The minimum absolute atomic E-state index is 0.838. The summed E-state index contributed by atoms with van der Waals surface area (Å²) in [6.07, 6.45) is 4.17. The molecule has 0 amide bonds. The summed E-state index contributed by atoms with van der Waals surface area (Å²) in [7, 11) is 1.75. The highest BCUT2D eigenvalue weighted by atomic mass is 16.5. The van der Waals surface area contributed by atoms with Crippen LogP contribution in [-0.4, -0.2) is 23.3 Å². The highest BCUT2D eigenvalue weighted by Gasteiger charge is 2.04. The third-order valence-electron chi connectivity index (χ3n) is 3.23. The summed E-state index contributed by atoms with van der Waals surface area (Å²) in [6, 6.07) is 4.39. The number of nitrogens with zero attached hydrogens (tertiary/aromatic N) is 2. The molecule has 0 unspecified atom stereocenters. The number of benzene rings is 1. The molecule has 0 aliphatic rings. The number of fused-ring (bicyclic) bond motifs is 1. The Morgan fingerprint density at radius 2 is 1.94 bits per heavy atom. The van der Waals surface area contributed by atoms with Crippen LogP contribution in [0.4, 0.5) is 0 Å². The van der Waals surface area contributed by atoms with Crippen molar-refractivity contribution in [3.05, 3.63) is 29.6 Å². The van der Waals surface area contributed by atoms with Gasteiger partial charge < -0.3 is 9.30 Å². The van der Waals surface area contributed by atoms with E-state index in [9.17, 15) is 0 Å². The van der Waals surface area contributed by atoms with Crippen molar-refractivity contribution in [2.24, 2.45) is 0 Å². The van der Waals surface area contributed by atoms with Gasteiger partial charge in [0.05, 0.1) is 17.4 Å². The first-order valence-corrected chi connectivity index (χ1v) is 6.13. The zero-order chi connectivity index (χ0) is 12.3. The van der Waals surface area contributed by atoms with Gasteiger partial charge in [0.25, 0.3) is 0 Å². The highest BCUT2D eigenvalue weighted by Crippen LogP contribution is 2.18. The fraction of sp³-hybridized carbons (Fsp3) is 0.500. The van der Waals surface area contributed by atoms with Gasteiger partial charge in [-0.25, -0.2) is 4.98 Å². The third-order valence-corrected chi connectivity index (χ3v) is 3.23. The molecule has 0 N–H and O–H groups in total. The normalized spacial score (nSPS) is 11.2. The Balaban J connectivity index is 2.15. The molecule has 0 radical (unpaired) electrons. The zero-order valence-corrected chi connectivity index (χ0v) is 10.9. The standard InChI is InChI=1S/C14H20N2O/c1-11-8-13-14(9-12(11)2)16(10-15-13)6-4-5-7-17-3/h8-10H,4-7H2,1-3H3. The fourth-order valence-electron chi connectivity index (χ4n) is 2.02. The lowest BCUT2D eigenvalue weighted by Gasteiger charge is -2.05. The Bertz CT molecular complexity index is 502. The Hall–Kier alpha value is -1.35. The second-order valence-corrected chi connectivity index (χ2v) is 4.56. The van der Waals surface area contributed by atoms with Crippen LogP contribution in [0.15, 0.2) is 18.5 Å². The Morgan fingerprint density at radius 1 is 1.18 bits per heavy atom. The molecule has 0 spiro atoms. The predicted octanol–water partition coefficient (Wildman–Crippen LogP) is 3.08. The maximum Gasteiger partial charge on any atom is 0.0958 e. The van der Waals surface area contributed by atoms with Crippen molar-refractivity contribution in [2.75, 3.05) is 13.7 Å². The number of methoxy groups -OCH3 is 1. The zero-order valence-electron chi connectivity index (χ0n) is 10.9. The van der Waals surface area contributed by atoms with Crippen LogP contribution in [0.3, 0.4) is 0 Å². The van der Waals surface area contributed by atoms with Gasteiger partial charge in [-0.3, -0.25) is 0 Å². The first-order chi connectivity index (χ1) is 8.22. The lowest BCUT2D eigenvalue weighted by Crippen LogP contribution is -1.98. The molecular weight excluding hydrogens is 212 g/mol. The summed E-state index contributed by atoms with van der Waals surface area (Å²) in [4.78, 5) is 4.45. The summed E-state index contributed by atoms with van der Waals surface area (Å²) < 4.78 is 7.29. The molecule has 3 heteroatoms. The molecule has 1 heterocycles. The van der Waals surface area contributed by atoms with E-state index in [2.05, 4.69) is 35.5 Å².